The SMILES string of the molecule is C=CCC(=O)OCC/C=C1/OC(=O)OC1(C)C. The Kier molecular flexibility index (Phi) is 4.31. The van der Waals surface area contributed by atoms with Gasteiger partial charge in [0.1, 0.15) is 0 Å². The van der Waals surface area contributed by atoms with Gasteiger partial charge in [-0.1, -0.05) is 6.08 Å². The van der Waals surface area contributed by atoms with Crippen molar-refractivity contribution in [3.8, 4) is 0 Å². The van der Waals surface area contributed by atoms with Crippen molar-refractivity contribution in [2.75, 3.05) is 6.61 Å². The molecule has 0 aliphatic carbocycles. The van der Waals surface area contributed by atoms with E-state index in [0.717, 1.165) is 0 Å². The summed E-state index contributed by atoms with van der Waals surface area (Å²) in [4.78, 5) is 21.9. The van der Waals surface area contributed by atoms with Gasteiger partial charge < -0.3 is 14.2 Å². The Bertz CT molecular complexity index is 354. The summed E-state index contributed by atoms with van der Waals surface area (Å²) in [5.74, 6) is 0.125. The summed E-state index contributed by atoms with van der Waals surface area (Å²) in [5.41, 5.74) is -0.748. The number of carbonyl (C=O) groups excluding carboxylic acids is 2. The number of esters is 1. The fourth-order valence-corrected chi connectivity index (χ4v) is 1.32. The van der Waals surface area contributed by atoms with Gasteiger partial charge >= 0.3 is 12.1 Å². The van der Waals surface area contributed by atoms with Gasteiger partial charge in [-0.3, -0.25) is 4.79 Å². The lowest BCUT2D eigenvalue weighted by Crippen LogP contribution is -2.20. The third kappa shape index (κ3) is 3.94. The first-order chi connectivity index (χ1) is 7.95. The third-order valence-corrected chi connectivity index (χ3v) is 2.15. The zero-order valence-corrected chi connectivity index (χ0v) is 10.0. The highest BCUT2D eigenvalue weighted by Crippen LogP contribution is 2.29. The topological polar surface area (TPSA) is 61.8 Å². The molecule has 1 aliphatic rings. The molecule has 5 nitrogen and oxygen atoms in total. The molecule has 1 rings (SSSR count). The van der Waals surface area contributed by atoms with Crippen LogP contribution in [0.2, 0.25) is 0 Å². The normalized spacial score (nSPS) is 19.6. The van der Waals surface area contributed by atoms with Crippen LogP contribution in [0.5, 0.6) is 0 Å². The molecule has 94 valence electrons. The Labute approximate surface area is 100 Å². The molecule has 1 heterocycles. The molecule has 17 heavy (non-hydrogen) atoms. The minimum atomic E-state index is -0.748. The van der Waals surface area contributed by atoms with E-state index in [0.29, 0.717) is 12.2 Å². The highest BCUT2D eigenvalue weighted by Gasteiger charge is 2.38. The minimum Gasteiger partial charge on any atom is -0.465 e. The summed E-state index contributed by atoms with van der Waals surface area (Å²) in [6.45, 7) is 7.13. The zero-order chi connectivity index (χ0) is 12.9. The monoisotopic (exact) mass is 240 g/mol. The summed E-state index contributed by atoms with van der Waals surface area (Å²) in [5, 5.41) is 0. The van der Waals surface area contributed by atoms with E-state index in [1.54, 1.807) is 19.9 Å². The van der Waals surface area contributed by atoms with Gasteiger partial charge in [0.15, 0.2) is 11.4 Å². The predicted octanol–water partition coefficient (Wildman–Crippen LogP) is 2.33. The molecule has 0 spiro atoms. The van der Waals surface area contributed by atoms with E-state index >= 15 is 0 Å². The van der Waals surface area contributed by atoms with E-state index < -0.39 is 11.8 Å². The van der Waals surface area contributed by atoms with E-state index in [-0.39, 0.29) is 19.0 Å². The molecule has 5 heteroatoms. The van der Waals surface area contributed by atoms with Crippen LogP contribution < -0.4 is 0 Å². The molecule has 0 radical (unpaired) electrons. The molecule has 0 aromatic heterocycles. The maximum Gasteiger partial charge on any atom is 0.514 e. The van der Waals surface area contributed by atoms with Crippen LogP contribution in [0.25, 0.3) is 0 Å². The molecule has 1 fully saturated rings. The molecule has 0 bridgehead atoms. The Hall–Kier alpha value is -1.78. The van der Waals surface area contributed by atoms with Gasteiger partial charge in [-0.25, -0.2) is 4.79 Å². The van der Waals surface area contributed by atoms with Crippen LogP contribution in [-0.4, -0.2) is 24.3 Å². The highest BCUT2D eigenvalue weighted by atomic mass is 16.8. The molecule has 0 unspecified atom stereocenters. The fraction of sp³-hybridized carbons (Fsp3) is 0.500. The molecule has 1 aliphatic heterocycles. The van der Waals surface area contributed by atoms with Gasteiger partial charge in [0.25, 0.3) is 0 Å². The largest absolute Gasteiger partial charge is 0.514 e. The van der Waals surface area contributed by atoms with Gasteiger partial charge in [-0.15, -0.1) is 6.58 Å². The molecular weight excluding hydrogens is 224 g/mol. The highest BCUT2D eigenvalue weighted by molar-refractivity contribution is 5.71. The van der Waals surface area contributed by atoms with E-state index in [1.807, 2.05) is 0 Å². The molecule has 1 saturated heterocycles. The van der Waals surface area contributed by atoms with Gasteiger partial charge in [-0.05, 0) is 19.9 Å². The maximum absolute atomic E-state index is 11.0. The number of rotatable bonds is 5. The van der Waals surface area contributed by atoms with Crippen LogP contribution in [0.3, 0.4) is 0 Å². The Balaban J connectivity index is 2.36. The number of cyclic esters (lactones) is 2. The lowest BCUT2D eigenvalue weighted by atomic mass is 10.1. The molecular formula is C12H16O5. The Morgan fingerprint density at radius 3 is 2.76 bits per heavy atom. The van der Waals surface area contributed by atoms with Crippen LogP contribution in [0.15, 0.2) is 24.5 Å². The van der Waals surface area contributed by atoms with Crippen LogP contribution in [0, 0.1) is 0 Å². The van der Waals surface area contributed by atoms with Crippen molar-refractivity contribution in [1.82, 2.24) is 0 Å². The van der Waals surface area contributed by atoms with Gasteiger partial charge in [0.2, 0.25) is 0 Å². The first-order valence-electron chi connectivity index (χ1n) is 5.33. The second kappa shape index (κ2) is 5.52. The summed E-state index contributed by atoms with van der Waals surface area (Å²) in [6, 6.07) is 0. The van der Waals surface area contributed by atoms with E-state index in [4.69, 9.17) is 14.2 Å². The Morgan fingerprint density at radius 2 is 2.24 bits per heavy atom. The van der Waals surface area contributed by atoms with E-state index in [1.165, 1.54) is 6.08 Å². The van der Waals surface area contributed by atoms with E-state index in [2.05, 4.69) is 6.58 Å². The molecule has 0 amide bonds. The van der Waals surface area contributed by atoms with Crippen molar-refractivity contribution in [1.29, 1.82) is 0 Å². The number of hydrogen-bond acceptors (Lipinski definition) is 5. The quantitative estimate of drug-likeness (QED) is 0.419. The second-order valence-electron chi connectivity index (χ2n) is 4.03. The molecule has 0 aromatic carbocycles. The summed E-state index contributed by atoms with van der Waals surface area (Å²) in [6.07, 6.45) is 3.13. The zero-order valence-electron chi connectivity index (χ0n) is 10.0. The summed E-state index contributed by atoms with van der Waals surface area (Å²) < 4.78 is 14.7. The van der Waals surface area contributed by atoms with E-state index in [9.17, 15) is 9.59 Å². The van der Waals surface area contributed by atoms with Crippen LogP contribution >= 0.6 is 0 Å². The summed E-state index contributed by atoms with van der Waals surface area (Å²) in [7, 11) is 0. The number of hydrogen-bond donors (Lipinski definition) is 0. The first kappa shape index (κ1) is 13.3. The van der Waals surface area contributed by atoms with Crippen molar-refractivity contribution in [2.45, 2.75) is 32.3 Å². The van der Waals surface area contributed by atoms with Crippen LogP contribution in [0.4, 0.5) is 4.79 Å². The second-order valence-corrected chi connectivity index (χ2v) is 4.03. The third-order valence-electron chi connectivity index (χ3n) is 2.15. The lowest BCUT2D eigenvalue weighted by Gasteiger charge is -2.13. The molecule has 0 atom stereocenters. The van der Waals surface area contributed by atoms with Crippen LogP contribution in [0.1, 0.15) is 26.7 Å². The van der Waals surface area contributed by atoms with Gasteiger partial charge in [-0.2, -0.15) is 0 Å². The average Bonchev–Trinajstić information content (AvgIpc) is 2.47. The first-order valence-corrected chi connectivity index (χ1v) is 5.33. The van der Waals surface area contributed by atoms with Gasteiger partial charge in [0, 0.05) is 6.42 Å². The minimum absolute atomic E-state index is 0.195. The number of carbonyl (C=O) groups is 2. The Morgan fingerprint density at radius 1 is 1.53 bits per heavy atom. The van der Waals surface area contributed by atoms with Gasteiger partial charge in [0.05, 0.1) is 13.0 Å². The number of ether oxygens (including phenoxy) is 3. The summed E-state index contributed by atoms with van der Waals surface area (Å²) >= 11 is 0. The molecule has 0 aromatic rings. The van der Waals surface area contributed by atoms with Crippen molar-refractivity contribution >= 4 is 12.1 Å². The fourth-order valence-electron chi connectivity index (χ4n) is 1.32. The smallest absolute Gasteiger partial charge is 0.465 e. The predicted molar refractivity (Wildman–Crippen MR) is 60.1 cm³/mol. The maximum atomic E-state index is 11.0. The average molecular weight is 240 g/mol. The van der Waals surface area contributed by atoms with Crippen molar-refractivity contribution in [3.05, 3.63) is 24.5 Å². The molecule has 0 N–H and O–H groups in total. The van der Waals surface area contributed by atoms with Crippen LogP contribution in [-0.2, 0) is 19.0 Å². The standard InChI is InChI=1S/C12H16O5/c1-4-6-10(13)15-8-5-7-9-12(2,3)17-11(14)16-9/h4,7H,1,5-6,8H2,2-3H3/b9-7+. The van der Waals surface area contributed by atoms with Crippen molar-refractivity contribution in [3.63, 3.8) is 0 Å². The molecule has 0 saturated carbocycles. The lowest BCUT2D eigenvalue weighted by molar-refractivity contribution is -0.142. The van der Waals surface area contributed by atoms with Crippen molar-refractivity contribution < 1.29 is 23.8 Å². The van der Waals surface area contributed by atoms with Crippen molar-refractivity contribution in [2.24, 2.45) is 0 Å².